The molecule has 2 aromatic carbocycles. The van der Waals surface area contributed by atoms with Gasteiger partial charge in [-0.15, -0.1) is 0 Å². The topological polar surface area (TPSA) is 75.0 Å². The fraction of sp³-hybridized carbons (Fsp3) is 0.300. The fourth-order valence-electron chi connectivity index (χ4n) is 3.00. The predicted molar refractivity (Wildman–Crippen MR) is 112 cm³/mol. The van der Waals surface area contributed by atoms with Crippen LogP contribution in [0.15, 0.2) is 36.4 Å². The van der Waals surface area contributed by atoms with Crippen molar-refractivity contribution in [3.63, 3.8) is 0 Å². The number of imidazole rings is 1. The van der Waals surface area contributed by atoms with Gasteiger partial charge in [0.15, 0.2) is 0 Å². The summed E-state index contributed by atoms with van der Waals surface area (Å²) in [5.41, 5.74) is 8.67. The standard InChI is InChI=1S/C20H22Cl2N4O/c1-26(19(27)5-3-2-4-10-23)18-9-7-13(21)11-15(18)20-24-16-8-6-14(22)12-17(16)25-20/h6-9,11-12H,2-5,10,23H2,1H3,(H,24,25). The van der Waals surface area contributed by atoms with Crippen LogP contribution in [0.4, 0.5) is 5.69 Å². The Morgan fingerprint density at radius 2 is 1.85 bits per heavy atom. The third-order valence-electron chi connectivity index (χ3n) is 4.49. The number of carbonyl (C=O) groups excluding carboxylic acids is 1. The lowest BCUT2D eigenvalue weighted by Crippen LogP contribution is -2.26. The van der Waals surface area contributed by atoms with Crippen molar-refractivity contribution >= 4 is 45.8 Å². The number of nitrogens with zero attached hydrogens (tertiary/aromatic N) is 2. The third kappa shape index (κ3) is 4.61. The monoisotopic (exact) mass is 404 g/mol. The average molecular weight is 405 g/mol. The highest BCUT2D eigenvalue weighted by Gasteiger charge is 2.18. The lowest BCUT2D eigenvalue weighted by molar-refractivity contribution is -0.118. The number of nitrogens with two attached hydrogens (primary N) is 1. The Hall–Kier alpha value is -2.08. The molecule has 0 unspecified atom stereocenters. The first-order valence-electron chi connectivity index (χ1n) is 8.91. The van der Waals surface area contributed by atoms with Gasteiger partial charge in [-0.3, -0.25) is 4.79 Å². The molecule has 0 radical (unpaired) electrons. The van der Waals surface area contributed by atoms with E-state index >= 15 is 0 Å². The van der Waals surface area contributed by atoms with Crippen LogP contribution >= 0.6 is 23.2 Å². The van der Waals surface area contributed by atoms with E-state index in [1.807, 2.05) is 24.3 Å². The summed E-state index contributed by atoms with van der Waals surface area (Å²) in [5, 5.41) is 1.21. The SMILES string of the molecule is CN(C(=O)CCCCCN)c1ccc(Cl)cc1-c1nc2ccc(Cl)cc2[nH]1. The number of hydrogen-bond donors (Lipinski definition) is 2. The van der Waals surface area contributed by atoms with Gasteiger partial charge in [-0.2, -0.15) is 0 Å². The number of nitrogens with one attached hydrogen (secondary N) is 1. The summed E-state index contributed by atoms with van der Waals surface area (Å²) in [5.74, 6) is 0.697. The predicted octanol–water partition coefficient (Wildman–Crippen LogP) is 5.02. The van der Waals surface area contributed by atoms with Gasteiger partial charge in [0.2, 0.25) is 5.91 Å². The first-order valence-corrected chi connectivity index (χ1v) is 9.67. The molecule has 5 nitrogen and oxygen atoms in total. The second kappa shape index (κ2) is 8.74. The minimum Gasteiger partial charge on any atom is -0.338 e. The zero-order valence-electron chi connectivity index (χ0n) is 15.1. The Kier molecular flexibility index (Phi) is 6.37. The molecule has 0 spiro atoms. The fourth-order valence-corrected chi connectivity index (χ4v) is 3.34. The van der Waals surface area contributed by atoms with Crippen molar-refractivity contribution in [1.82, 2.24) is 9.97 Å². The quantitative estimate of drug-likeness (QED) is 0.542. The van der Waals surface area contributed by atoms with Gasteiger partial charge in [0.1, 0.15) is 5.82 Å². The molecule has 3 aromatic rings. The smallest absolute Gasteiger partial charge is 0.226 e. The summed E-state index contributed by atoms with van der Waals surface area (Å²) in [7, 11) is 1.78. The molecule has 3 N–H and O–H groups in total. The average Bonchev–Trinajstić information content (AvgIpc) is 3.07. The van der Waals surface area contributed by atoms with Gasteiger partial charge < -0.3 is 15.6 Å². The van der Waals surface area contributed by atoms with Crippen molar-refractivity contribution in [2.45, 2.75) is 25.7 Å². The number of unbranched alkanes of at least 4 members (excludes halogenated alkanes) is 2. The molecule has 27 heavy (non-hydrogen) atoms. The molecular weight excluding hydrogens is 383 g/mol. The highest BCUT2D eigenvalue weighted by molar-refractivity contribution is 6.31. The van der Waals surface area contributed by atoms with Gasteiger partial charge in [0, 0.05) is 29.1 Å². The van der Waals surface area contributed by atoms with Gasteiger partial charge in [0.25, 0.3) is 0 Å². The number of anilines is 1. The van der Waals surface area contributed by atoms with Crippen LogP contribution in [0.1, 0.15) is 25.7 Å². The minimum atomic E-state index is 0.0507. The van der Waals surface area contributed by atoms with E-state index in [0.29, 0.717) is 28.8 Å². The maximum atomic E-state index is 12.6. The molecule has 1 heterocycles. The summed E-state index contributed by atoms with van der Waals surface area (Å²) in [6, 6.07) is 10.9. The Morgan fingerprint density at radius 3 is 2.63 bits per heavy atom. The van der Waals surface area contributed by atoms with Crippen LogP contribution in [0.5, 0.6) is 0 Å². The normalized spacial score (nSPS) is 11.1. The molecule has 0 saturated carbocycles. The van der Waals surface area contributed by atoms with Gasteiger partial charge in [-0.25, -0.2) is 4.98 Å². The van der Waals surface area contributed by atoms with Crippen molar-refractivity contribution in [3.05, 3.63) is 46.4 Å². The number of hydrogen-bond acceptors (Lipinski definition) is 3. The largest absolute Gasteiger partial charge is 0.338 e. The molecule has 1 aromatic heterocycles. The van der Waals surface area contributed by atoms with Gasteiger partial charge in [0.05, 0.1) is 16.7 Å². The number of amides is 1. The van der Waals surface area contributed by atoms with Crippen molar-refractivity contribution in [1.29, 1.82) is 0 Å². The molecule has 0 aliphatic carbocycles. The summed E-state index contributed by atoms with van der Waals surface area (Å²) in [4.78, 5) is 22.2. The van der Waals surface area contributed by atoms with E-state index in [1.165, 1.54) is 0 Å². The van der Waals surface area contributed by atoms with E-state index in [4.69, 9.17) is 28.9 Å². The number of H-pyrrole nitrogens is 1. The summed E-state index contributed by atoms with van der Waals surface area (Å²) < 4.78 is 0. The van der Waals surface area contributed by atoms with Gasteiger partial charge in [-0.1, -0.05) is 29.6 Å². The van der Waals surface area contributed by atoms with E-state index in [2.05, 4.69) is 9.97 Å². The molecule has 0 fully saturated rings. The molecular formula is C20H22Cl2N4O. The molecule has 0 saturated heterocycles. The van der Waals surface area contributed by atoms with Crippen molar-refractivity contribution < 1.29 is 4.79 Å². The molecule has 1 amide bonds. The molecule has 7 heteroatoms. The minimum absolute atomic E-state index is 0.0507. The number of rotatable bonds is 7. The Labute approximate surface area is 168 Å². The molecule has 0 atom stereocenters. The second-order valence-electron chi connectivity index (χ2n) is 6.46. The van der Waals surface area contributed by atoms with E-state index < -0.39 is 0 Å². The number of benzene rings is 2. The molecule has 0 aliphatic rings. The van der Waals surface area contributed by atoms with E-state index in [9.17, 15) is 4.79 Å². The van der Waals surface area contributed by atoms with Crippen molar-refractivity contribution in [2.24, 2.45) is 5.73 Å². The number of carbonyl (C=O) groups is 1. The third-order valence-corrected chi connectivity index (χ3v) is 4.96. The zero-order chi connectivity index (χ0) is 19.4. The van der Waals surface area contributed by atoms with E-state index in [1.54, 1.807) is 24.1 Å². The summed E-state index contributed by atoms with van der Waals surface area (Å²) in [6.45, 7) is 0.654. The second-order valence-corrected chi connectivity index (χ2v) is 7.33. The molecule has 0 aliphatic heterocycles. The van der Waals surface area contributed by atoms with Crippen molar-refractivity contribution in [3.8, 4) is 11.4 Å². The molecule has 0 bridgehead atoms. The Balaban J connectivity index is 1.91. The van der Waals surface area contributed by atoms with Gasteiger partial charge >= 0.3 is 0 Å². The van der Waals surface area contributed by atoms with Crippen LogP contribution in [-0.2, 0) is 4.79 Å². The summed E-state index contributed by atoms with van der Waals surface area (Å²) >= 11 is 12.3. The van der Waals surface area contributed by atoms with Crippen LogP contribution in [-0.4, -0.2) is 29.5 Å². The molecule has 3 rings (SSSR count). The van der Waals surface area contributed by atoms with E-state index in [0.717, 1.165) is 41.5 Å². The van der Waals surface area contributed by atoms with Gasteiger partial charge in [-0.05, 0) is 55.8 Å². The van der Waals surface area contributed by atoms with Crippen LogP contribution < -0.4 is 10.6 Å². The lowest BCUT2D eigenvalue weighted by Gasteiger charge is -2.20. The number of fused-ring (bicyclic) bond motifs is 1. The number of halogens is 2. The first kappa shape index (κ1) is 19.7. The Bertz CT molecular complexity index is 954. The highest BCUT2D eigenvalue weighted by atomic mass is 35.5. The van der Waals surface area contributed by atoms with Crippen LogP contribution in [0, 0.1) is 0 Å². The lowest BCUT2D eigenvalue weighted by atomic mass is 10.1. The zero-order valence-corrected chi connectivity index (χ0v) is 16.6. The Morgan fingerprint density at radius 1 is 1.11 bits per heavy atom. The van der Waals surface area contributed by atoms with Crippen LogP contribution in [0.3, 0.4) is 0 Å². The van der Waals surface area contributed by atoms with Crippen LogP contribution in [0.25, 0.3) is 22.4 Å². The first-order chi connectivity index (χ1) is 13.0. The number of aromatic nitrogens is 2. The van der Waals surface area contributed by atoms with Crippen LogP contribution in [0.2, 0.25) is 10.0 Å². The number of aromatic amines is 1. The maximum Gasteiger partial charge on any atom is 0.226 e. The maximum absolute atomic E-state index is 12.6. The van der Waals surface area contributed by atoms with Crippen molar-refractivity contribution in [2.75, 3.05) is 18.5 Å². The highest BCUT2D eigenvalue weighted by Crippen LogP contribution is 2.33. The summed E-state index contributed by atoms with van der Waals surface area (Å²) in [6.07, 6.45) is 3.19. The van der Waals surface area contributed by atoms with E-state index in [-0.39, 0.29) is 5.91 Å². The molecule has 142 valence electrons.